The highest BCUT2D eigenvalue weighted by atomic mass is 32.2. The second kappa shape index (κ2) is 4.77. The summed E-state index contributed by atoms with van der Waals surface area (Å²) in [6.45, 7) is 0. The Hall–Kier alpha value is -1.69. The third-order valence-corrected chi connectivity index (χ3v) is 5.65. The van der Waals surface area contributed by atoms with E-state index < -0.39 is 15.1 Å². The lowest BCUT2D eigenvalue weighted by molar-refractivity contribution is 0.535. The van der Waals surface area contributed by atoms with Crippen molar-refractivity contribution >= 4 is 9.84 Å². The average Bonchev–Trinajstić information content (AvgIpc) is 2.88. The molecule has 1 aliphatic rings. The van der Waals surface area contributed by atoms with Crippen molar-refractivity contribution in [1.29, 1.82) is 0 Å². The van der Waals surface area contributed by atoms with Gasteiger partial charge in [-0.25, -0.2) is 8.42 Å². The zero-order chi connectivity index (χ0) is 13.3. The topological polar surface area (TPSA) is 64.8 Å². The molecule has 1 unspecified atom stereocenters. The molecule has 0 aliphatic carbocycles. The van der Waals surface area contributed by atoms with Crippen LogP contribution in [0.1, 0.15) is 30.3 Å². The lowest BCUT2D eigenvalue weighted by Gasteiger charge is -2.21. The molecule has 19 heavy (non-hydrogen) atoms. The predicted octanol–water partition coefficient (Wildman–Crippen LogP) is 1.91. The Balaban J connectivity index is 2.05. The molecule has 100 valence electrons. The summed E-state index contributed by atoms with van der Waals surface area (Å²) in [5, 5.41) is 7.41. The normalized spacial score (nSPS) is 22.2. The minimum Gasteiger partial charge on any atom is -0.285 e. The van der Waals surface area contributed by atoms with Gasteiger partial charge in [0, 0.05) is 5.69 Å². The Bertz CT molecular complexity index is 664. The lowest BCUT2D eigenvalue weighted by atomic mass is 10.2. The molecule has 0 N–H and O–H groups in total. The van der Waals surface area contributed by atoms with Gasteiger partial charge in [0.2, 0.25) is 0 Å². The summed E-state index contributed by atoms with van der Waals surface area (Å²) < 4.78 is 26.1. The van der Waals surface area contributed by atoms with E-state index in [9.17, 15) is 8.42 Å². The number of rotatable bonds is 2. The molecule has 0 bridgehead atoms. The maximum atomic E-state index is 12.2. The van der Waals surface area contributed by atoms with Crippen LogP contribution in [0.2, 0.25) is 0 Å². The van der Waals surface area contributed by atoms with Crippen molar-refractivity contribution in [3.63, 3.8) is 0 Å². The summed E-state index contributed by atoms with van der Waals surface area (Å²) in [5.74, 6) is 0.783. The Morgan fingerprint density at radius 2 is 1.95 bits per heavy atom. The van der Waals surface area contributed by atoms with Gasteiger partial charge in [0.1, 0.15) is 11.6 Å². The quantitative estimate of drug-likeness (QED) is 0.841. The van der Waals surface area contributed by atoms with Crippen molar-refractivity contribution in [2.45, 2.75) is 24.5 Å². The van der Waals surface area contributed by atoms with Crippen LogP contribution in [-0.2, 0) is 9.84 Å². The fourth-order valence-electron chi connectivity index (χ4n) is 2.50. The van der Waals surface area contributed by atoms with Crippen LogP contribution in [0.3, 0.4) is 0 Å². The summed E-state index contributed by atoms with van der Waals surface area (Å²) in [6.07, 6.45) is 3.88. The van der Waals surface area contributed by atoms with E-state index >= 15 is 0 Å². The number of para-hydroxylation sites is 1. The maximum absolute atomic E-state index is 12.2. The number of aromatic nitrogens is 3. The highest BCUT2D eigenvalue weighted by Gasteiger charge is 2.34. The smallest absolute Gasteiger partial charge is 0.160 e. The van der Waals surface area contributed by atoms with Gasteiger partial charge in [-0.05, 0) is 25.0 Å². The molecule has 0 saturated carbocycles. The Morgan fingerprint density at radius 3 is 2.68 bits per heavy atom. The second-order valence-corrected chi connectivity index (χ2v) is 7.05. The molecule has 0 amide bonds. The third kappa shape index (κ3) is 2.28. The molecule has 3 rings (SSSR count). The third-order valence-electron chi connectivity index (χ3n) is 3.48. The van der Waals surface area contributed by atoms with Gasteiger partial charge >= 0.3 is 0 Å². The fourth-order valence-corrected chi connectivity index (χ4v) is 4.39. The van der Waals surface area contributed by atoms with Crippen LogP contribution in [0.25, 0.3) is 5.69 Å². The molecular weight excluding hydrogens is 262 g/mol. The van der Waals surface area contributed by atoms with Crippen molar-refractivity contribution in [3.8, 4) is 5.69 Å². The van der Waals surface area contributed by atoms with E-state index in [2.05, 4.69) is 10.2 Å². The average molecular weight is 277 g/mol. The largest absolute Gasteiger partial charge is 0.285 e. The van der Waals surface area contributed by atoms with E-state index in [1.165, 1.54) is 0 Å². The second-order valence-electron chi connectivity index (χ2n) is 4.75. The van der Waals surface area contributed by atoms with Gasteiger partial charge in [-0.1, -0.05) is 24.6 Å². The molecule has 0 spiro atoms. The number of hydrogen-bond acceptors (Lipinski definition) is 4. The lowest BCUT2D eigenvalue weighted by Crippen LogP contribution is -2.24. The monoisotopic (exact) mass is 277 g/mol. The Labute approximate surface area is 112 Å². The predicted molar refractivity (Wildman–Crippen MR) is 71.7 cm³/mol. The van der Waals surface area contributed by atoms with Gasteiger partial charge in [0.05, 0.1) is 5.75 Å². The first-order valence-electron chi connectivity index (χ1n) is 6.35. The molecule has 5 nitrogen and oxygen atoms in total. The highest BCUT2D eigenvalue weighted by molar-refractivity contribution is 7.91. The molecule has 2 aromatic rings. The summed E-state index contributed by atoms with van der Waals surface area (Å²) in [7, 11) is -3.10. The van der Waals surface area contributed by atoms with Crippen LogP contribution in [-0.4, -0.2) is 28.9 Å². The first kappa shape index (κ1) is 12.3. The SMILES string of the molecule is O=S1(=O)CCCCC1c1nncn1-c1ccccc1. The van der Waals surface area contributed by atoms with Crippen LogP contribution < -0.4 is 0 Å². The van der Waals surface area contributed by atoms with Gasteiger partial charge in [0.25, 0.3) is 0 Å². The van der Waals surface area contributed by atoms with Crippen molar-refractivity contribution in [3.05, 3.63) is 42.5 Å². The van der Waals surface area contributed by atoms with Gasteiger partial charge < -0.3 is 0 Å². The summed E-state index contributed by atoms with van der Waals surface area (Å²) in [5.41, 5.74) is 0.892. The molecule has 0 radical (unpaired) electrons. The molecule has 1 atom stereocenters. The number of sulfone groups is 1. The molecule has 1 aromatic heterocycles. The van der Waals surface area contributed by atoms with E-state index in [1.807, 2.05) is 30.3 Å². The van der Waals surface area contributed by atoms with Gasteiger partial charge in [-0.2, -0.15) is 0 Å². The van der Waals surface area contributed by atoms with Crippen LogP contribution in [0.5, 0.6) is 0 Å². The zero-order valence-corrected chi connectivity index (χ0v) is 11.3. The molecular formula is C13H15N3O2S. The van der Waals surface area contributed by atoms with Gasteiger partial charge in [0.15, 0.2) is 15.7 Å². The minimum atomic E-state index is -3.10. The first-order valence-corrected chi connectivity index (χ1v) is 8.07. The van der Waals surface area contributed by atoms with Crippen molar-refractivity contribution in [1.82, 2.24) is 14.8 Å². The van der Waals surface area contributed by atoms with Crippen molar-refractivity contribution in [2.24, 2.45) is 0 Å². The summed E-state index contributed by atoms with van der Waals surface area (Å²) in [6, 6.07) is 9.58. The minimum absolute atomic E-state index is 0.249. The number of hydrogen-bond donors (Lipinski definition) is 0. The van der Waals surface area contributed by atoms with Crippen LogP contribution in [0.4, 0.5) is 0 Å². The van der Waals surface area contributed by atoms with E-state index in [1.54, 1.807) is 10.9 Å². The van der Waals surface area contributed by atoms with Crippen LogP contribution in [0.15, 0.2) is 36.7 Å². The maximum Gasteiger partial charge on any atom is 0.160 e. The zero-order valence-electron chi connectivity index (χ0n) is 10.4. The molecule has 1 aliphatic heterocycles. The first-order chi connectivity index (χ1) is 9.18. The van der Waals surface area contributed by atoms with E-state index in [0.717, 1.165) is 18.5 Å². The van der Waals surface area contributed by atoms with E-state index in [0.29, 0.717) is 12.2 Å². The fraction of sp³-hybridized carbons (Fsp3) is 0.385. The molecule has 2 heterocycles. The van der Waals surface area contributed by atoms with Crippen molar-refractivity contribution < 1.29 is 8.42 Å². The molecule has 1 fully saturated rings. The van der Waals surface area contributed by atoms with E-state index in [-0.39, 0.29) is 5.75 Å². The van der Waals surface area contributed by atoms with Gasteiger partial charge in [-0.15, -0.1) is 10.2 Å². The Kier molecular flexibility index (Phi) is 3.10. The highest BCUT2D eigenvalue weighted by Crippen LogP contribution is 2.32. The Morgan fingerprint density at radius 1 is 1.16 bits per heavy atom. The molecule has 1 aromatic carbocycles. The van der Waals surface area contributed by atoms with Crippen molar-refractivity contribution in [2.75, 3.05) is 5.75 Å². The van der Waals surface area contributed by atoms with Gasteiger partial charge in [-0.3, -0.25) is 4.57 Å². The number of nitrogens with zero attached hydrogens (tertiary/aromatic N) is 3. The summed E-state index contributed by atoms with van der Waals surface area (Å²) >= 11 is 0. The van der Waals surface area contributed by atoms with Crippen LogP contribution >= 0.6 is 0 Å². The standard InChI is InChI=1S/C13H15N3O2S/c17-19(18)9-5-4-8-12(19)13-15-14-10-16(13)11-6-2-1-3-7-11/h1-3,6-7,10,12H,4-5,8-9H2. The number of benzene rings is 1. The van der Waals surface area contributed by atoms with E-state index in [4.69, 9.17) is 0 Å². The molecule has 1 saturated heterocycles. The molecule has 6 heteroatoms. The summed E-state index contributed by atoms with van der Waals surface area (Å²) in [4.78, 5) is 0. The van der Waals surface area contributed by atoms with Crippen LogP contribution in [0, 0.1) is 0 Å².